The number of hydrogen-bond acceptors (Lipinski definition) is 5. The lowest BCUT2D eigenvalue weighted by atomic mass is 9.98. The van der Waals surface area contributed by atoms with Gasteiger partial charge in [0.15, 0.2) is 0 Å². The number of hydrogen-bond donors (Lipinski definition) is 2. The zero-order valence-electron chi connectivity index (χ0n) is 17.9. The molecule has 160 valence electrons. The average molecular weight is 413 g/mol. The minimum absolute atomic E-state index is 0.00338. The molecule has 2 N–H and O–H groups in total. The van der Waals surface area contributed by atoms with Crippen LogP contribution in [-0.4, -0.2) is 23.0 Å². The van der Waals surface area contributed by atoms with Crippen LogP contribution < -0.4 is 10.9 Å². The number of rotatable bonds is 7. The molecule has 3 aromatic rings. The van der Waals surface area contributed by atoms with E-state index in [0.717, 1.165) is 27.7 Å². The molecule has 0 aliphatic rings. The molecule has 0 bridgehead atoms. The maximum atomic E-state index is 12.5. The topological polar surface area (TPSA) is 110 Å². The number of carbonyl (C=O) groups excluding carboxylic acids is 1. The number of aryl methyl sites for hydroxylation is 3. The van der Waals surface area contributed by atoms with E-state index in [9.17, 15) is 19.5 Å². The van der Waals surface area contributed by atoms with E-state index in [0.29, 0.717) is 23.2 Å². The second-order valence-corrected chi connectivity index (χ2v) is 7.89. The smallest absolute Gasteiger partial charge is 0.339 e. The van der Waals surface area contributed by atoms with Gasteiger partial charge in [0, 0.05) is 28.8 Å². The summed E-state index contributed by atoms with van der Waals surface area (Å²) >= 11 is 0. The van der Waals surface area contributed by atoms with E-state index in [2.05, 4.69) is 5.32 Å². The maximum Gasteiger partial charge on any atom is 0.339 e. The second-order valence-electron chi connectivity index (χ2n) is 7.89. The highest BCUT2D eigenvalue weighted by Gasteiger charge is 2.25. The van der Waals surface area contributed by atoms with Gasteiger partial charge in [0.2, 0.25) is 5.91 Å². The van der Waals surface area contributed by atoms with Gasteiger partial charge in [-0.05, 0) is 50.3 Å². The fraction of sp³-hybridized carbons (Fsp3) is 0.435. The molecule has 1 aromatic carbocycles. The summed E-state index contributed by atoms with van der Waals surface area (Å²) in [5.41, 5.74) is 2.81. The summed E-state index contributed by atoms with van der Waals surface area (Å²) in [6, 6.07) is 2.72. The zero-order valence-corrected chi connectivity index (χ0v) is 17.9. The van der Waals surface area contributed by atoms with E-state index >= 15 is 0 Å². The molecule has 0 aliphatic carbocycles. The van der Waals surface area contributed by atoms with Crippen LogP contribution in [0.2, 0.25) is 0 Å². The van der Waals surface area contributed by atoms with Gasteiger partial charge in [-0.3, -0.25) is 4.79 Å². The van der Waals surface area contributed by atoms with E-state index in [4.69, 9.17) is 8.83 Å². The largest absolute Gasteiger partial charge is 0.480 e. The molecule has 1 amide bonds. The first-order chi connectivity index (χ1) is 14.1. The van der Waals surface area contributed by atoms with Crippen LogP contribution in [0.25, 0.3) is 21.9 Å². The Kier molecular flexibility index (Phi) is 6.01. The summed E-state index contributed by atoms with van der Waals surface area (Å²) in [6.07, 6.45) is 0.805. The summed E-state index contributed by atoms with van der Waals surface area (Å²) in [5.74, 6) is -0.846. The number of fused-ring (bicyclic) bond motifs is 2. The summed E-state index contributed by atoms with van der Waals surface area (Å²) < 4.78 is 11.2. The Labute approximate surface area is 174 Å². The number of carbonyl (C=O) groups is 2. The molecule has 3 rings (SSSR count). The number of amides is 1. The van der Waals surface area contributed by atoms with Gasteiger partial charge in [0.1, 0.15) is 23.0 Å². The van der Waals surface area contributed by atoms with E-state index in [1.54, 1.807) is 13.0 Å². The Morgan fingerprint density at radius 2 is 1.70 bits per heavy atom. The molecule has 2 aromatic heterocycles. The number of furan rings is 1. The molecule has 2 unspecified atom stereocenters. The number of carboxylic acids is 1. The summed E-state index contributed by atoms with van der Waals surface area (Å²) in [7, 11) is 0. The quantitative estimate of drug-likeness (QED) is 0.566. The average Bonchev–Trinajstić information content (AvgIpc) is 2.97. The lowest BCUT2D eigenvalue weighted by Crippen LogP contribution is -2.45. The highest BCUT2D eigenvalue weighted by Crippen LogP contribution is 2.31. The van der Waals surface area contributed by atoms with Crippen LogP contribution in [0.4, 0.5) is 0 Å². The molecule has 7 nitrogen and oxygen atoms in total. The van der Waals surface area contributed by atoms with E-state index < -0.39 is 23.5 Å². The summed E-state index contributed by atoms with van der Waals surface area (Å²) in [5, 5.41) is 13.7. The molecule has 0 saturated carbocycles. The minimum Gasteiger partial charge on any atom is -0.480 e. The summed E-state index contributed by atoms with van der Waals surface area (Å²) in [4.78, 5) is 36.3. The van der Waals surface area contributed by atoms with Crippen LogP contribution in [0.5, 0.6) is 0 Å². The first kappa shape index (κ1) is 21.6. The van der Waals surface area contributed by atoms with E-state index in [1.807, 2.05) is 33.8 Å². The predicted molar refractivity (Wildman–Crippen MR) is 114 cm³/mol. The van der Waals surface area contributed by atoms with E-state index in [-0.39, 0.29) is 18.8 Å². The molecule has 0 spiro atoms. The Morgan fingerprint density at radius 3 is 2.33 bits per heavy atom. The van der Waals surface area contributed by atoms with Crippen molar-refractivity contribution in [2.24, 2.45) is 5.92 Å². The van der Waals surface area contributed by atoms with Crippen LogP contribution >= 0.6 is 0 Å². The third kappa shape index (κ3) is 3.97. The van der Waals surface area contributed by atoms with Gasteiger partial charge >= 0.3 is 11.6 Å². The van der Waals surface area contributed by atoms with Crippen molar-refractivity contribution in [3.8, 4) is 0 Å². The molecular weight excluding hydrogens is 386 g/mol. The third-order valence-corrected chi connectivity index (χ3v) is 5.98. The third-order valence-electron chi connectivity index (χ3n) is 5.98. The first-order valence-electron chi connectivity index (χ1n) is 10.1. The van der Waals surface area contributed by atoms with Crippen molar-refractivity contribution >= 4 is 33.8 Å². The van der Waals surface area contributed by atoms with Crippen molar-refractivity contribution in [2.45, 2.75) is 59.9 Å². The van der Waals surface area contributed by atoms with Crippen LogP contribution in [0.3, 0.4) is 0 Å². The molecule has 0 saturated heterocycles. The number of carboxylic acid groups (broad SMARTS) is 1. The van der Waals surface area contributed by atoms with Crippen molar-refractivity contribution in [3.63, 3.8) is 0 Å². The second kappa shape index (κ2) is 8.34. The van der Waals surface area contributed by atoms with Crippen molar-refractivity contribution in [1.82, 2.24) is 5.32 Å². The van der Waals surface area contributed by atoms with Crippen LogP contribution in [0.1, 0.15) is 49.1 Å². The minimum atomic E-state index is -1.06. The highest BCUT2D eigenvalue weighted by atomic mass is 16.4. The Balaban J connectivity index is 1.88. The number of benzene rings is 1. The highest BCUT2D eigenvalue weighted by molar-refractivity contribution is 5.96. The normalized spacial score (nSPS) is 13.5. The van der Waals surface area contributed by atoms with Crippen molar-refractivity contribution < 1.29 is 23.5 Å². The maximum absolute atomic E-state index is 12.5. The standard InChI is InChI=1S/C23H27NO6/c1-6-11(2)21(22(26)27)24-20(25)8-7-15-13(4)17-9-16-12(3)14(5)29-18(16)10-19(17)30-23(15)28/h9-11,21H,6-8H2,1-5H3,(H,24,25)(H,26,27). The lowest BCUT2D eigenvalue weighted by Gasteiger charge is -2.20. The molecule has 0 radical (unpaired) electrons. The first-order valence-corrected chi connectivity index (χ1v) is 10.1. The number of nitrogens with one attached hydrogen (secondary N) is 1. The van der Waals surface area contributed by atoms with Gasteiger partial charge in [-0.15, -0.1) is 0 Å². The Hall–Kier alpha value is -3.09. The van der Waals surface area contributed by atoms with Gasteiger partial charge in [-0.2, -0.15) is 0 Å². The molecule has 2 atom stereocenters. The molecule has 30 heavy (non-hydrogen) atoms. The Morgan fingerprint density at radius 1 is 1.07 bits per heavy atom. The molecule has 2 heterocycles. The monoisotopic (exact) mass is 413 g/mol. The van der Waals surface area contributed by atoms with Gasteiger partial charge in [0.25, 0.3) is 0 Å². The predicted octanol–water partition coefficient (Wildman–Crippen LogP) is 4.01. The molecule has 0 fully saturated rings. The van der Waals surface area contributed by atoms with Gasteiger partial charge in [-0.1, -0.05) is 20.3 Å². The fourth-order valence-corrected chi connectivity index (χ4v) is 3.68. The molecule has 0 aliphatic heterocycles. The Bertz CT molecular complexity index is 1190. The van der Waals surface area contributed by atoms with Crippen LogP contribution in [0, 0.1) is 26.7 Å². The van der Waals surface area contributed by atoms with Crippen LogP contribution in [-0.2, 0) is 16.0 Å². The van der Waals surface area contributed by atoms with Gasteiger partial charge in [0.05, 0.1) is 0 Å². The number of aliphatic carboxylic acids is 1. The van der Waals surface area contributed by atoms with Gasteiger partial charge in [-0.25, -0.2) is 9.59 Å². The van der Waals surface area contributed by atoms with Crippen LogP contribution in [0.15, 0.2) is 25.8 Å². The van der Waals surface area contributed by atoms with Gasteiger partial charge < -0.3 is 19.3 Å². The fourth-order valence-electron chi connectivity index (χ4n) is 3.68. The van der Waals surface area contributed by atoms with Crippen molar-refractivity contribution in [3.05, 3.63) is 45.0 Å². The summed E-state index contributed by atoms with van der Waals surface area (Å²) in [6.45, 7) is 9.34. The molecule has 7 heteroatoms. The van der Waals surface area contributed by atoms with Crippen molar-refractivity contribution in [2.75, 3.05) is 0 Å². The lowest BCUT2D eigenvalue weighted by molar-refractivity contribution is -0.143. The zero-order chi connectivity index (χ0) is 22.2. The van der Waals surface area contributed by atoms with E-state index in [1.165, 1.54) is 0 Å². The SMILES string of the molecule is CCC(C)C(NC(=O)CCc1c(C)c2cc3c(C)c(C)oc3cc2oc1=O)C(=O)O. The van der Waals surface area contributed by atoms with Crippen molar-refractivity contribution in [1.29, 1.82) is 0 Å². The molecular formula is C23H27NO6.